The predicted molar refractivity (Wildman–Crippen MR) is 76.3 cm³/mol. The molecule has 0 fully saturated rings. The third-order valence-corrected chi connectivity index (χ3v) is 4.40. The Labute approximate surface area is 118 Å². The summed E-state index contributed by atoms with van der Waals surface area (Å²) in [5.74, 6) is 0. The zero-order chi connectivity index (χ0) is 14.6. The van der Waals surface area contributed by atoms with Crippen molar-refractivity contribution < 1.29 is 8.42 Å². The van der Waals surface area contributed by atoms with Crippen molar-refractivity contribution >= 4 is 10.0 Å². The molecule has 0 unspecified atom stereocenters. The molecule has 0 aliphatic rings. The number of hydrogen-bond acceptors (Lipinski definition) is 4. The molecule has 1 aromatic heterocycles. The summed E-state index contributed by atoms with van der Waals surface area (Å²) in [6, 6.07) is 8.99. The summed E-state index contributed by atoms with van der Waals surface area (Å²) in [5.41, 5.74) is 7.42. The Balaban J connectivity index is 2.09. The topological polar surface area (TPSA) is 90.0 Å². The molecule has 1 aromatic carbocycles. The summed E-state index contributed by atoms with van der Waals surface area (Å²) >= 11 is 0. The quantitative estimate of drug-likeness (QED) is 0.826. The first-order valence-corrected chi connectivity index (χ1v) is 7.84. The van der Waals surface area contributed by atoms with Gasteiger partial charge in [0.1, 0.15) is 0 Å². The maximum absolute atomic E-state index is 12.2. The van der Waals surface area contributed by atoms with E-state index in [2.05, 4.69) is 9.82 Å². The van der Waals surface area contributed by atoms with Crippen LogP contribution in [0.1, 0.15) is 18.1 Å². The zero-order valence-electron chi connectivity index (χ0n) is 11.3. The van der Waals surface area contributed by atoms with E-state index in [1.165, 1.54) is 16.9 Å². The standard InChI is InChI=1S/C13H18N4O2S/c1-2-17-13(7-8-15-17)20(18,19)16-10-12-5-3-11(9-14)4-6-12/h3-8,16H,2,9-10,14H2,1H3. The van der Waals surface area contributed by atoms with Gasteiger partial charge in [0, 0.05) is 19.6 Å². The molecular weight excluding hydrogens is 276 g/mol. The van der Waals surface area contributed by atoms with Crippen LogP contribution in [0.4, 0.5) is 0 Å². The van der Waals surface area contributed by atoms with Crippen molar-refractivity contribution in [3.63, 3.8) is 0 Å². The average Bonchev–Trinajstić information content (AvgIpc) is 2.95. The van der Waals surface area contributed by atoms with Gasteiger partial charge in [-0.25, -0.2) is 13.1 Å². The smallest absolute Gasteiger partial charge is 0.258 e. The number of nitrogens with two attached hydrogens (primary N) is 1. The minimum Gasteiger partial charge on any atom is -0.326 e. The van der Waals surface area contributed by atoms with E-state index < -0.39 is 10.0 Å². The lowest BCUT2D eigenvalue weighted by Crippen LogP contribution is -2.25. The number of rotatable bonds is 6. The van der Waals surface area contributed by atoms with Crippen LogP contribution in [0.5, 0.6) is 0 Å². The van der Waals surface area contributed by atoms with Crippen LogP contribution in [0.15, 0.2) is 41.6 Å². The Bertz CT molecular complexity index is 662. The number of sulfonamides is 1. The third-order valence-electron chi connectivity index (χ3n) is 2.98. The molecule has 7 heteroatoms. The van der Waals surface area contributed by atoms with Gasteiger partial charge in [-0.3, -0.25) is 4.68 Å². The fourth-order valence-corrected chi connectivity index (χ4v) is 3.03. The molecule has 2 rings (SSSR count). The van der Waals surface area contributed by atoms with E-state index in [0.29, 0.717) is 13.1 Å². The van der Waals surface area contributed by atoms with Crippen LogP contribution in [0.25, 0.3) is 0 Å². The summed E-state index contributed by atoms with van der Waals surface area (Å²) in [5, 5.41) is 4.14. The molecule has 20 heavy (non-hydrogen) atoms. The molecule has 0 saturated heterocycles. The van der Waals surface area contributed by atoms with Gasteiger partial charge in [0.05, 0.1) is 6.20 Å². The Morgan fingerprint density at radius 2 is 1.85 bits per heavy atom. The number of aromatic nitrogens is 2. The summed E-state index contributed by atoms with van der Waals surface area (Å²) in [6.45, 7) is 3.07. The molecule has 0 spiro atoms. The monoisotopic (exact) mass is 294 g/mol. The normalized spacial score (nSPS) is 11.7. The highest BCUT2D eigenvalue weighted by atomic mass is 32.2. The molecule has 1 heterocycles. The van der Waals surface area contributed by atoms with Gasteiger partial charge in [0.25, 0.3) is 10.0 Å². The highest BCUT2D eigenvalue weighted by Crippen LogP contribution is 2.09. The molecule has 0 aliphatic heterocycles. The number of hydrogen-bond donors (Lipinski definition) is 2. The fourth-order valence-electron chi connectivity index (χ4n) is 1.83. The van der Waals surface area contributed by atoms with Crippen molar-refractivity contribution in [2.24, 2.45) is 5.73 Å². The SMILES string of the molecule is CCn1nccc1S(=O)(=O)NCc1ccc(CN)cc1. The van der Waals surface area contributed by atoms with Crippen molar-refractivity contribution in [3.8, 4) is 0 Å². The molecule has 108 valence electrons. The van der Waals surface area contributed by atoms with E-state index in [0.717, 1.165) is 11.1 Å². The Kier molecular flexibility index (Phi) is 4.53. The van der Waals surface area contributed by atoms with Gasteiger partial charge in [0.2, 0.25) is 0 Å². The molecule has 0 atom stereocenters. The molecule has 3 N–H and O–H groups in total. The highest BCUT2D eigenvalue weighted by molar-refractivity contribution is 7.89. The van der Waals surface area contributed by atoms with E-state index in [1.807, 2.05) is 31.2 Å². The first kappa shape index (κ1) is 14.7. The molecule has 0 amide bonds. The second kappa shape index (κ2) is 6.17. The van der Waals surface area contributed by atoms with Crippen LogP contribution in [-0.4, -0.2) is 18.2 Å². The van der Waals surface area contributed by atoms with Crippen LogP contribution in [0, 0.1) is 0 Å². The maximum atomic E-state index is 12.2. The van der Waals surface area contributed by atoms with E-state index in [4.69, 9.17) is 5.73 Å². The largest absolute Gasteiger partial charge is 0.326 e. The number of nitrogens with one attached hydrogen (secondary N) is 1. The first-order valence-electron chi connectivity index (χ1n) is 6.36. The van der Waals surface area contributed by atoms with Gasteiger partial charge in [-0.05, 0) is 24.1 Å². The van der Waals surface area contributed by atoms with E-state index in [9.17, 15) is 8.42 Å². The summed E-state index contributed by atoms with van der Waals surface area (Å²) < 4.78 is 28.4. The van der Waals surface area contributed by atoms with Gasteiger partial charge >= 0.3 is 0 Å². The first-order chi connectivity index (χ1) is 9.56. The lowest BCUT2D eigenvalue weighted by Gasteiger charge is -2.08. The molecule has 2 aromatic rings. The van der Waals surface area contributed by atoms with E-state index in [-0.39, 0.29) is 11.6 Å². The minimum atomic E-state index is -3.55. The highest BCUT2D eigenvalue weighted by Gasteiger charge is 2.18. The van der Waals surface area contributed by atoms with Gasteiger partial charge < -0.3 is 5.73 Å². The van der Waals surface area contributed by atoms with E-state index in [1.54, 1.807) is 0 Å². The molecule has 0 saturated carbocycles. The summed E-state index contributed by atoms with van der Waals surface area (Å²) in [4.78, 5) is 0. The maximum Gasteiger partial charge on any atom is 0.258 e. The Morgan fingerprint density at radius 1 is 1.20 bits per heavy atom. The summed E-state index contributed by atoms with van der Waals surface area (Å²) in [7, 11) is -3.55. The van der Waals surface area contributed by atoms with E-state index >= 15 is 0 Å². The fraction of sp³-hybridized carbons (Fsp3) is 0.308. The van der Waals surface area contributed by atoms with Gasteiger partial charge in [-0.1, -0.05) is 24.3 Å². The van der Waals surface area contributed by atoms with Crippen molar-refractivity contribution in [2.45, 2.75) is 31.6 Å². The number of nitrogens with zero attached hydrogens (tertiary/aromatic N) is 2. The molecular formula is C13H18N4O2S. The second-order valence-corrected chi connectivity index (χ2v) is 6.04. The molecule has 6 nitrogen and oxygen atoms in total. The van der Waals surface area contributed by atoms with Crippen molar-refractivity contribution in [3.05, 3.63) is 47.7 Å². The van der Waals surface area contributed by atoms with Crippen LogP contribution in [0.3, 0.4) is 0 Å². The molecule has 0 radical (unpaired) electrons. The predicted octanol–water partition coefficient (Wildman–Crippen LogP) is 0.840. The Hall–Kier alpha value is -1.70. The van der Waals surface area contributed by atoms with Crippen LogP contribution in [-0.2, 0) is 29.7 Å². The van der Waals surface area contributed by atoms with Crippen LogP contribution in [0.2, 0.25) is 0 Å². The van der Waals surface area contributed by atoms with Crippen molar-refractivity contribution in [1.29, 1.82) is 0 Å². The number of benzene rings is 1. The van der Waals surface area contributed by atoms with Crippen LogP contribution < -0.4 is 10.5 Å². The van der Waals surface area contributed by atoms with Gasteiger partial charge in [0.15, 0.2) is 5.03 Å². The molecule has 0 bridgehead atoms. The minimum absolute atomic E-state index is 0.179. The van der Waals surface area contributed by atoms with Crippen molar-refractivity contribution in [2.75, 3.05) is 0 Å². The van der Waals surface area contributed by atoms with Gasteiger partial charge in [-0.2, -0.15) is 5.10 Å². The Morgan fingerprint density at radius 3 is 2.45 bits per heavy atom. The van der Waals surface area contributed by atoms with Crippen LogP contribution >= 0.6 is 0 Å². The third kappa shape index (κ3) is 3.24. The second-order valence-electron chi connectivity index (χ2n) is 4.33. The zero-order valence-corrected chi connectivity index (χ0v) is 12.1. The lowest BCUT2D eigenvalue weighted by atomic mass is 10.1. The number of aryl methyl sites for hydroxylation is 1. The lowest BCUT2D eigenvalue weighted by molar-refractivity contribution is 0.543. The van der Waals surface area contributed by atoms with Crippen molar-refractivity contribution in [1.82, 2.24) is 14.5 Å². The van der Waals surface area contributed by atoms with Gasteiger partial charge in [-0.15, -0.1) is 0 Å². The molecule has 0 aliphatic carbocycles. The average molecular weight is 294 g/mol. The summed E-state index contributed by atoms with van der Waals surface area (Å²) in [6.07, 6.45) is 1.48.